The molecule has 3 aliphatic rings. The summed E-state index contributed by atoms with van der Waals surface area (Å²) in [5.74, 6) is 0. The lowest BCUT2D eigenvalue weighted by Crippen LogP contribution is -2.26. The molecular formula is C73H51NO. The van der Waals surface area contributed by atoms with Crippen LogP contribution in [-0.4, -0.2) is 0 Å². The van der Waals surface area contributed by atoms with E-state index in [0.29, 0.717) is 0 Å². The molecule has 0 saturated carbocycles. The lowest BCUT2D eigenvalue weighted by Gasteiger charge is -2.35. The molecule has 16 rings (SSSR count). The van der Waals surface area contributed by atoms with Gasteiger partial charge in [-0.05, 0) is 156 Å². The van der Waals surface area contributed by atoms with Crippen molar-refractivity contribution >= 4 is 71.3 Å². The van der Waals surface area contributed by atoms with Crippen LogP contribution < -0.4 is 4.90 Å². The summed E-state index contributed by atoms with van der Waals surface area (Å²) in [5.41, 5.74) is 22.7. The molecule has 75 heavy (non-hydrogen) atoms. The third-order valence-corrected chi connectivity index (χ3v) is 17.3. The SMILES string of the molecule is c1ccc2c(c1)CCCCCCc1cccc(N(c3ccc4c5ccccc5c5ccccc5c4c3)c3cc4c(cc3-c3cccc5c3oc3ccccc35)-c3ccccc3C43c4ccccc4-c4ccccc43)c1-2. The Morgan fingerprint density at radius 3 is 1.51 bits per heavy atom. The van der Waals surface area contributed by atoms with E-state index < -0.39 is 5.41 Å². The second-order valence-electron chi connectivity index (χ2n) is 21.1. The van der Waals surface area contributed by atoms with Gasteiger partial charge in [0, 0.05) is 33.2 Å². The maximum absolute atomic E-state index is 7.08. The molecule has 0 unspecified atom stereocenters. The highest BCUT2D eigenvalue weighted by Crippen LogP contribution is 2.65. The Kier molecular flexibility index (Phi) is 9.36. The van der Waals surface area contributed by atoms with Crippen molar-refractivity contribution < 1.29 is 4.42 Å². The zero-order valence-electron chi connectivity index (χ0n) is 41.6. The highest BCUT2D eigenvalue weighted by molar-refractivity contribution is 6.26. The predicted octanol–water partition coefficient (Wildman–Crippen LogP) is 19.9. The number of hydrogen-bond acceptors (Lipinski definition) is 2. The maximum atomic E-state index is 7.08. The topological polar surface area (TPSA) is 16.4 Å². The van der Waals surface area contributed by atoms with E-state index in [1.807, 2.05) is 0 Å². The molecule has 13 aromatic rings. The van der Waals surface area contributed by atoms with E-state index in [0.717, 1.165) is 63.7 Å². The van der Waals surface area contributed by atoms with Crippen LogP contribution in [0.4, 0.5) is 17.1 Å². The lowest BCUT2D eigenvalue weighted by atomic mass is 9.70. The molecule has 354 valence electrons. The highest BCUT2D eigenvalue weighted by atomic mass is 16.3. The van der Waals surface area contributed by atoms with Crippen molar-refractivity contribution in [3.63, 3.8) is 0 Å². The van der Waals surface area contributed by atoms with Crippen LogP contribution >= 0.6 is 0 Å². The number of anilines is 3. The molecule has 12 aromatic carbocycles. The van der Waals surface area contributed by atoms with Crippen LogP contribution in [0.15, 0.2) is 241 Å². The van der Waals surface area contributed by atoms with Crippen LogP contribution in [0.3, 0.4) is 0 Å². The summed E-state index contributed by atoms with van der Waals surface area (Å²) in [6.07, 6.45) is 6.88. The van der Waals surface area contributed by atoms with Gasteiger partial charge in [-0.3, -0.25) is 0 Å². The van der Waals surface area contributed by atoms with Gasteiger partial charge in [0.15, 0.2) is 0 Å². The first kappa shape index (κ1) is 42.5. The molecule has 2 heteroatoms. The zero-order valence-corrected chi connectivity index (χ0v) is 41.6. The quantitative estimate of drug-likeness (QED) is 0.163. The molecule has 0 amide bonds. The largest absolute Gasteiger partial charge is 0.455 e. The number of nitrogens with zero attached hydrogens (tertiary/aromatic N) is 1. The van der Waals surface area contributed by atoms with Gasteiger partial charge in [-0.2, -0.15) is 0 Å². The number of para-hydroxylation sites is 2. The van der Waals surface area contributed by atoms with Crippen molar-refractivity contribution in [2.75, 3.05) is 4.90 Å². The van der Waals surface area contributed by atoms with Gasteiger partial charge in [0.05, 0.1) is 16.8 Å². The number of rotatable bonds is 4. The van der Waals surface area contributed by atoms with Gasteiger partial charge >= 0.3 is 0 Å². The molecule has 0 N–H and O–H groups in total. The Bertz CT molecular complexity index is 4430. The van der Waals surface area contributed by atoms with Crippen LogP contribution in [0.25, 0.3) is 98.8 Å². The van der Waals surface area contributed by atoms with Crippen LogP contribution in [0.2, 0.25) is 0 Å². The second-order valence-corrected chi connectivity index (χ2v) is 21.1. The van der Waals surface area contributed by atoms with Crippen molar-refractivity contribution in [1.82, 2.24) is 0 Å². The average Bonchev–Trinajstić information content (AvgIpc) is 4.13. The molecule has 1 aromatic heterocycles. The van der Waals surface area contributed by atoms with E-state index in [4.69, 9.17) is 4.42 Å². The fourth-order valence-electron chi connectivity index (χ4n) is 14.2. The molecule has 0 radical (unpaired) electrons. The first-order valence-electron chi connectivity index (χ1n) is 27.0. The first-order valence-corrected chi connectivity index (χ1v) is 27.0. The molecule has 1 heterocycles. The third-order valence-electron chi connectivity index (χ3n) is 17.3. The molecule has 2 nitrogen and oxygen atoms in total. The van der Waals surface area contributed by atoms with Crippen molar-refractivity contribution in [1.29, 1.82) is 0 Å². The standard InChI is InChI=1S/C73H51NO/c1-2-4-23-47-24-19-39-68(71(47)49-25-6-5-22-46(49)21-3-1)74(48-41-42-54-52-28-8-7-26-50(52)51-27-9-10-29-53(51)61(54)43-48)69-45-67-62(44-63(69)60-35-20-34-59-58-33-14-18-40-70(58)75-72(59)60)57-32-13-17-38-66(57)73(67)64-36-15-11-30-55(64)56-31-12-16-37-65(56)73/h5-20,22,24-45H,1-4,21,23H2. The molecule has 0 bridgehead atoms. The summed E-state index contributed by atoms with van der Waals surface area (Å²) >= 11 is 0. The molecule has 3 aliphatic carbocycles. The molecule has 0 saturated heterocycles. The van der Waals surface area contributed by atoms with Crippen molar-refractivity contribution in [3.8, 4) is 44.5 Å². The van der Waals surface area contributed by atoms with E-state index in [-0.39, 0.29) is 0 Å². The van der Waals surface area contributed by atoms with E-state index in [2.05, 4.69) is 241 Å². The van der Waals surface area contributed by atoms with Gasteiger partial charge < -0.3 is 9.32 Å². The number of fused-ring (bicyclic) bond motifs is 22. The molecule has 0 fully saturated rings. The van der Waals surface area contributed by atoms with Crippen molar-refractivity contribution in [2.24, 2.45) is 0 Å². The number of hydrogen-bond donors (Lipinski definition) is 0. The van der Waals surface area contributed by atoms with Crippen LogP contribution in [0.1, 0.15) is 59.1 Å². The van der Waals surface area contributed by atoms with Gasteiger partial charge in [-0.1, -0.05) is 213 Å². The number of benzene rings is 12. The Morgan fingerprint density at radius 2 is 0.813 bits per heavy atom. The third kappa shape index (κ3) is 6.08. The summed E-state index contributed by atoms with van der Waals surface area (Å²) < 4.78 is 7.08. The van der Waals surface area contributed by atoms with Crippen LogP contribution in [0.5, 0.6) is 0 Å². The van der Waals surface area contributed by atoms with E-state index in [1.165, 1.54) is 124 Å². The van der Waals surface area contributed by atoms with Gasteiger partial charge in [0.1, 0.15) is 11.2 Å². The maximum Gasteiger partial charge on any atom is 0.143 e. The summed E-state index contributed by atoms with van der Waals surface area (Å²) in [5, 5.41) is 9.80. The Morgan fingerprint density at radius 1 is 0.307 bits per heavy atom. The molecule has 0 atom stereocenters. The normalized spacial score (nSPS) is 14.2. The molecule has 0 aliphatic heterocycles. The smallest absolute Gasteiger partial charge is 0.143 e. The lowest BCUT2D eigenvalue weighted by molar-refractivity contribution is 0.638. The predicted molar refractivity (Wildman–Crippen MR) is 314 cm³/mol. The van der Waals surface area contributed by atoms with Crippen LogP contribution in [0, 0.1) is 0 Å². The zero-order chi connectivity index (χ0) is 49.2. The van der Waals surface area contributed by atoms with Crippen molar-refractivity contribution in [3.05, 3.63) is 270 Å². The number of furan rings is 1. The highest BCUT2D eigenvalue weighted by Gasteiger charge is 2.52. The van der Waals surface area contributed by atoms with Gasteiger partial charge in [-0.25, -0.2) is 0 Å². The minimum absolute atomic E-state index is 0.559. The summed E-state index contributed by atoms with van der Waals surface area (Å²) in [6.45, 7) is 0. The first-order chi connectivity index (χ1) is 37.2. The fourth-order valence-corrected chi connectivity index (χ4v) is 14.2. The second kappa shape index (κ2) is 16.5. The monoisotopic (exact) mass is 957 g/mol. The van der Waals surface area contributed by atoms with Gasteiger partial charge in [0.25, 0.3) is 0 Å². The summed E-state index contributed by atoms with van der Waals surface area (Å²) in [4.78, 5) is 2.66. The number of aryl methyl sites for hydroxylation is 2. The summed E-state index contributed by atoms with van der Waals surface area (Å²) in [6, 6.07) is 89.6. The minimum atomic E-state index is -0.559. The van der Waals surface area contributed by atoms with Crippen LogP contribution in [-0.2, 0) is 18.3 Å². The fraction of sp³-hybridized carbons (Fsp3) is 0.0959. The Labute approximate surface area is 436 Å². The van der Waals surface area contributed by atoms with Crippen molar-refractivity contribution in [2.45, 2.75) is 43.9 Å². The van der Waals surface area contributed by atoms with Gasteiger partial charge in [-0.15, -0.1) is 0 Å². The van der Waals surface area contributed by atoms with E-state index in [1.54, 1.807) is 0 Å². The van der Waals surface area contributed by atoms with E-state index in [9.17, 15) is 0 Å². The average molecular weight is 958 g/mol. The molecule has 1 spiro atoms. The van der Waals surface area contributed by atoms with E-state index >= 15 is 0 Å². The Hall–Kier alpha value is -8.98. The van der Waals surface area contributed by atoms with Gasteiger partial charge in [0.2, 0.25) is 0 Å². The molecular weight excluding hydrogens is 907 g/mol. The Balaban J connectivity index is 1.09. The summed E-state index contributed by atoms with van der Waals surface area (Å²) in [7, 11) is 0. The minimum Gasteiger partial charge on any atom is -0.455 e.